The Kier molecular flexibility index (Phi) is 12.9. The predicted octanol–water partition coefficient (Wildman–Crippen LogP) is -2.97. The molecule has 29 heavy (non-hydrogen) atoms. The third kappa shape index (κ3) is 10.7. The molecule has 0 aromatic carbocycles. The van der Waals surface area contributed by atoms with E-state index in [0.717, 1.165) is 37.4 Å². The fourth-order valence-electron chi connectivity index (χ4n) is 1.96. The molecule has 0 aromatic rings. The Balaban J connectivity index is 5.31. The number of aliphatic carboxylic acids is 2. The fourth-order valence-corrected chi connectivity index (χ4v) is 4.75. The van der Waals surface area contributed by atoms with Crippen LogP contribution in [0.2, 0.25) is 0 Å². The van der Waals surface area contributed by atoms with Crippen molar-refractivity contribution in [2.24, 2.45) is 0 Å². The van der Waals surface area contributed by atoms with Crippen LogP contribution in [0, 0.1) is 0 Å². The van der Waals surface area contributed by atoms with Crippen molar-refractivity contribution < 1.29 is 49.8 Å². The standard InChI is InChI=1S/C15H26N2O10S2/c1-6(19)16-8(13(24)25)4-28-15(12(23)11(22)10(21)3-18)29-5-9(14(26)27)17-7(2)20/h8-12,15,18,21-23H,3-5H2,1-2H3,(H,16,19)(H,17,20)(H,24,25)(H,26,27). The molecule has 0 saturated carbocycles. The Labute approximate surface area is 175 Å². The number of hydrogen-bond donors (Lipinski definition) is 8. The van der Waals surface area contributed by atoms with Crippen molar-refractivity contribution in [3.05, 3.63) is 0 Å². The van der Waals surface area contributed by atoms with E-state index in [1.807, 2.05) is 0 Å². The van der Waals surface area contributed by atoms with E-state index in [-0.39, 0.29) is 11.5 Å². The summed E-state index contributed by atoms with van der Waals surface area (Å²) in [4.78, 5) is 44.7. The molecular weight excluding hydrogens is 432 g/mol. The van der Waals surface area contributed by atoms with Crippen molar-refractivity contribution >= 4 is 47.3 Å². The van der Waals surface area contributed by atoms with Gasteiger partial charge in [-0.25, -0.2) is 9.59 Å². The van der Waals surface area contributed by atoms with Crippen LogP contribution < -0.4 is 10.6 Å². The molecular formula is C15H26N2O10S2. The number of thioether (sulfide) groups is 2. The van der Waals surface area contributed by atoms with Crippen LogP contribution in [-0.2, 0) is 19.2 Å². The smallest absolute Gasteiger partial charge is 0.327 e. The highest BCUT2D eigenvalue weighted by atomic mass is 32.2. The van der Waals surface area contributed by atoms with E-state index < -0.39 is 65.3 Å². The van der Waals surface area contributed by atoms with Crippen LogP contribution in [-0.4, -0.2) is 107 Å². The summed E-state index contributed by atoms with van der Waals surface area (Å²) in [5.41, 5.74) is 0. The lowest BCUT2D eigenvalue weighted by atomic mass is 10.1. The van der Waals surface area contributed by atoms with Crippen LogP contribution in [0.5, 0.6) is 0 Å². The van der Waals surface area contributed by atoms with Gasteiger partial charge in [0, 0.05) is 25.4 Å². The molecule has 0 bridgehead atoms. The summed E-state index contributed by atoms with van der Waals surface area (Å²) in [5.74, 6) is -4.38. The molecule has 12 nitrogen and oxygen atoms in total. The van der Waals surface area contributed by atoms with Gasteiger partial charge in [0.25, 0.3) is 0 Å². The molecule has 2 amide bonds. The SMILES string of the molecule is CC(=O)NC(CSC(SCC(NC(C)=O)C(=O)O)C(O)C(O)C(O)CO)C(=O)O. The Morgan fingerprint density at radius 3 is 1.45 bits per heavy atom. The second-order valence-electron chi connectivity index (χ2n) is 5.95. The number of hydrogen-bond acceptors (Lipinski definition) is 10. The molecule has 14 heteroatoms. The van der Waals surface area contributed by atoms with Gasteiger partial charge in [0.2, 0.25) is 11.8 Å². The largest absolute Gasteiger partial charge is 0.480 e. The third-order valence-corrected chi connectivity index (χ3v) is 6.50. The maximum Gasteiger partial charge on any atom is 0.327 e. The lowest BCUT2D eigenvalue weighted by Crippen LogP contribution is -2.47. The van der Waals surface area contributed by atoms with Gasteiger partial charge >= 0.3 is 11.9 Å². The molecule has 5 unspecified atom stereocenters. The number of carboxylic acid groups (broad SMARTS) is 2. The van der Waals surface area contributed by atoms with Crippen LogP contribution in [0.4, 0.5) is 0 Å². The topological polar surface area (TPSA) is 214 Å². The molecule has 0 aliphatic carbocycles. The summed E-state index contributed by atoms with van der Waals surface area (Å²) in [6, 6.07) is -2.64. The summed E-state index contributed by atoms with van der Waals surface area (Å²) >= 11 is 1.59. The molecule has 8 N–H and O–H groups in total. The lowest BCUT2D eigenvalue weighted by Gasteiger charge is -2.29. The molecule has 0 fully saturated rings. The van der Waals surface area contributed by atoms with Gasteiger partial charge in [0.1, 0.15) is 30.4 Å². The van der Waals surface area contributed by atoms with Crippen molar-refractivity contribution in [2.75, 3.05) is 18.1 Å². The zero-order valence-electron chi connectivity index (χ0n) is 15.7. The number of aliphatic hydroxyl groups excluding tert-OH is 4. The number of carbonyl (C=O) groups excluding carboxylic acids is 2. The minimum Gasteiger partial charge on any atom is -0.480 e. The minimum absolute atomic E-state index is 0.247. The van der Waals surface area contributed by atoms with E-state index in [9.17, 15) is 34.5 Å². The van der Waals surface area contributed by atoms with E-state index in [1.54, 1.807) is 0 Å². The first-order valence-electron chi connectivity index (χ1n) is 8.28. The summed E-state index contributed by atoms with van der Waals surface area (Å²) in [6.45, 7) is 1.38. The van der Waals surface area contributed by atoms with E-state index in [1.165, 1.54) is 0 Å². The zero-order chi connectivity index (χ0) is 22.7. The number of nitrogens with one attached hydrogen (secondary N) is 2. The molecule has 0 saturated heterocycles. The molecule has 0 heterocycles. The zero-order valence-corrected chi connectivity index (χ0v) is 17.4. The van der Waals surface area contributed by atoms with E-state index in [4.69, 9.17) is 15.3 Å². The molecule has 0 rings (SSSR count). The molecule has 0 radical (unpaired) electrons. The summed E-state index contributed by atoms with van der Waals surface area (Å²) in [5, 5.41) is 61.4. The average molecular weight is 459 g/mol. The highest BCUT2D eigenvalue weighted by Gasteiger charge is 2.34. The van der Waals surface area contributed by atoms with Gasteiger partial charge in [-0.3, -0.25) is 9.59 Å². The predicted molar refractivity (Wildman–Crippen MR) is 104 cm³/mol. The molecule has 0 spiro atoms. The van der Waals surface area contributed by atoms with Crippen molar-refractivity contribution in [1.29, 1.82) is 0 Å². The normalized spacial score (nSPS) is 17.3. The van der Waals surface area contributed by atoms with Crippen LogP contribution in [0.1, 0.15) is 13.8 Å². The Hall–Kier alpha value is -1.58. The highest BCUT2D eigenvalue weighted by Crippen LogP contribution is 2.30. The maximum absolute atomic E-state index is 11.2. The van der Waals surface area contributed by atoms with E-state index >= 15 is 0 Å². The third-order valence-electron chi connectivity index (χ3n) is 3.42. The second kappa shape index (κ2) is 13.6. The molecule has 5 atom stereocenters. The van der Waals surface area contributed by atoms with Gasteiger partial charge in [0.15, 0.2) is 0 Å². The Morgan fingerprint density at radius 1 is 0.793 bits per heavy atom. The number of amides is 2. The lowest BCUT2D eigenvalue weighted by molar-refractivity contribution is -0.141. The quantitative estimate of drug-likeness (QED) is 0.123. The minimum atomic E-state index is -1.81. The van der Waals surface area contributed by atoms with E-state index in [0.29, 0.717) is 0 Å². The maximum atomic E-state index is 11.2. The molecule has 0 aliphatic rings. The van der Waals surface area contributed by atoms with Gasteiger partial charge in [-0.05, 0) is 0 Å². The fraction of sp³-hybridized carbons (Fsp3) is 0.733. The monoisotopic (exact) mass is 458 g/mol. The Morgan fingerprint density at radius 2 is 1.17 bits per heavy atom. The van der Waals surface area contributed by atoms with Crippen LogP contribution in [0.3, 0.4) is 0 Å². The van der Waals surface area contributed by atoms with Gasteiger partial charge in [-0.15, -0.1) is 23.5 Å². The highest BCUT2D eigenvalue weighted by molar-refractivity contribution is 8.17. The van der Waals surface area contributed by atoms with Crippen LogP contribution >= 0.6 is 23.5 Å². The van der Waals surface area contributed by atoms with Crippen LogP contribution in [0.25, 0.3) is 0 Å². The molecule has 168 valence electrons. The second-order valence-corrected chi connectivity index (χ2v) is 8.60. The van der Waals surface area contributed by atoms with Crippen molar-refractivity contribution in [1.82, 2.24) is 10.6 Å². The van der Waals surface area contributed by atoms with Gasteiger partial charge in [-0.2, -0.15) is 0 Å². The average Bonchev–Trinajstić information content (AvgIpc) is 2.63. The van der Waals surface area contributed by atoms with Gasteiger partial charge in [0.05, 0.1) is 11.2 Å². The van der Waals surface area contributed by atoms with Crippen molar-refractivity contribution in [3.8, 4) is 0 Å². The molecule has 0 aliphatic heterocycles. The molecule has 0 aromatic heterocycles. The number of rotatable bonds is 14. The van der Waals surface area contributed by atoms with E-state index in [2.05, 4.69) is 10.6 Å². The van der Waals surface area contributed by atoms with Gasteiger partial charge < -0.3 is 41.3 Å². The summed E-state index contributed by atoms with van der Waals surface area (Å²) in [6.07, 6.45) is -5.19. The first kappa shape index (κ1) is 27.4. The van der Waals surface area contributed by atoms with Crippen LogP contribution in [0.15, 0.2) is 0 Å². The Bertz CT molecular complexity index is 541. The first-order valence-corrected chi connectivity index (χ1v) is 10.4. The number of aliphatic hydroxyl groups is 4. The number of carboxylic acids is 2. The number of carbonyl (C=O) groups is 4. The summed E-state index contributed by atoms with van der Waals surface area (Å²) < 4.78 is -1.06. The summed E-state index contributed by atoms with van der Waals surface area (Å²) in [7, 11) is 0. The van der Waals surface area contributed by atoms with Gasteiger partial charge in [-0.1, -0.05) is 0 Å². The van der Waals surface area contributed by atoms with Crippen molar-refractivity contribution in [2.45, 2.75) is 48.8 Å². The van der Waals surface area contributed by atoms with Crippen molar-refractivity contribution in [3.63, 3.8) is 0 Å². The first-order chi connectivity index (χ1) is 13.4.